The highest BCUT2D eigenvalue weighted by Gasteiger charge is 2.11. The Morgan fingerprint density at radius 3 is 2.65 bits per heavy atom. The molecule has 0 atom stereocenters. The number of rotatable bonds is 6. The standard InChI is InChI=1S/C17H15N3O3/c21-17(22)14-10-15(18-11-13-7-4-8-23-13)20-16(19-14)9-12-5-2-1-3-6-12/h1-8,10H,9,11H2,(H,21,22)(H,18,19,20). The van der Waals surface area contributed by atoms with Crippen LogP contribution in [0.2, 0.25) is 0 Å². The van der Waals surface area contributed by atoms with Crippen LogP contribution in [0.1, 0.15) is 27.6 Å². The van der Waals surface area contributed by atoms with Crippen molar-refractivity contribution in [3.05, 3.63) is 77.6 Å². The van der Waals surface area contributed by atoms with E-state index in [4.69, 9.17) is 4.42 Å². The number of carbonyl (C=O) groups is 1. The minimum atomic E-state index is -1.08. The number of nitrogens with one attached hydrogen (secondary N) is 1. The van der Waals surface area contributed by atoms with Gasteiger partial charge in [0.05, 0.1) is 12.8 Å². The lowest BCUT2D eigenvalue weighted by molar-refractivity contribution is 0.0690. The fourth-order valence-electron chi connectivity index (χ4n) is 2.15. The summed E-state index contributed by atoms with van der Waals surface area (Å²) >= 11 is 0. The molecule has 2 aromatic heterocycles. The molecule has 0 fully saturated rings. The zero-order valence-corrected chi connectivity index (χ0v) is 12.3. The number of aromatic nitrogens is 2. The number of carboxylic acids is 1. The Morgan fingerprint density at radius 1 is 1.13 bits per heavy atom. The van der Waals surface area contributed by atoms with Gasteiger partial charge in [-0.05, 0) is 17.7 Å². The summed E-state index contributed by atoms with van der Waals surface area (Å²) in [4.78, 5) is 19.7. The predicted molar refractivity (Wildman–Crippen MR) is 84.3 cm³/mol. The third-order valence-electron chi connectivity index (χ3n) is 3.22. The van der Waals surface area contributed by atoms with E-state index in [2.05, 4.69) is 15.3 Å². The highest BCUT2D eigenvalue weighted by molar-refractivity contribution is 5.86. The molecule has 0 bridgehead atoms. The Morgan fingerprint density at radius 2 is 1.96 bits per heavy atom. The van der Waals surface area contributed by atoms with Crippen molar-refractivity contribution in [2.24, 2.45) is 0 Å². The van der Waals surface area contributed by atoms with Gasteiger partial charge in [0, 0.05) is 12.5 Å². The van der Waals surface area contributed by atoms with Crippen LogP contribution >= 0.6 is 0 Å². The van der Waals surface area contributed by atoms with Gasteiger partial charge in [0.25, 0.3) is 0 Å². The number of carboxylic acid groups (broad SMARTS) is 1. The third-order valence-corrected chi connectivity index (χ3v) is 3.22. The summed E-state index contributed by atoms with van der Waals surface area (Å²) in [6, 6.07) is 14.7. The molecule has 0 aliphatic rings. The monoisotopic (exact) mass is 309 g/mol. The fourth-order valence-corrected chi connectivity index (χ4v) is 2.15. The molecular formula is C17H15N3O3. The Labute approximate surface area is 132 Å². The van der Waals surface area contributed by atoms with Gasteiger partial charge in [-0.25, -0.2) is 14.8 Å². The van der Waals surface area contributed by atoms with Crippen LogP contribution < -0.4 is 5.32 Å². The Balaban J connectivity index is 1.82. The second kappa shape index (κ2) is 6.74. The van der Waals surface area contributed by atoms with Crippen molar-refractivity contribution < 1.29 is 14.3 Å². The number of benzene rings is 1. The molecule has 0 aliphatic heterocycles. The maximum absolute atomic E-state index is 11.3. The highest BCUT2D eigenvalue weighted by Crippen LogP contribution is 2.12. The topological polar surface area (TPSA) is 88.2 Å². The minimum Gasteiger partial charge on any atom is -0.477 e. The summed E-state index contributed by atoms with van der Waals surface area (Å²) in [5.74, 6) is 0.575. The summed E-state index contributed by atoms with van der Waals surface area (Å²) in [7, 11) is 0. The lowest BCUT2D eigenvalue weighted by Gasteiger charge is -2.08. The Kier molecular flexibility index (Phi) is 4.33. The number of hydrogen-bond donors (Lipinski definition) is 2. The number of furan rings is 1. The zero-order valence-electron chi connectivity index (χ0n) is 12.3. The molecule has 2 heterocycles. The maximum Gasteiger partial charge on any atom is 0.354 e. The number of nitrogens with zero attached hydrogens (tertiary/aromatic N) is 2. The largest absolute Gasteiger partial charge is 0.477 e. The summed E-state index contributed by atoms with van der Waals surface area (Å²) in [6.07, 6.45) is 2.05. The van der Waals surface area contributed by atoms with E-state index in [9.17, 15) is 9.90 Å². The van der Waals surface area contributed by atoms with Gasteiger partial charge in [0.15, 0.2) is 5.69 Å². The molecule has 0 saturated carbocycles. The quantitative estimate of drug-likeness (QED) is 0.728. The first-order chi connectivity index (χ1) is 11.2. The first-order valence-electron chi connectivity index (χ1n) is 7.12. The van der Waals surface area contributed by atoms with Gasteiger partial charge >= 0.3 is 5.97 Å². The third kappa shape index (κ3) is 3.94. The summed E-state index contributed by atoms with van der Waals surface area (Å²) in [5.41, 5.74) is 0.986. The van der Waals surface area contributed by atoms with Gasteiger partial charge in [-0.1, -0.05) is 30.3 Å². The van der Waals surface area contributed by atoms with Crippen LogP contribution in [0.5, 0.6) is 0 Å². The second-order valence-corrected chi connectivity index (χ2v) is 4.96. The lowest BCUT2D eigenvalue weighted by Crippen LogP contribution is -2.10. The van der Waals surface area contributed by atoms with Crippen molar-refractivity contribution in [1.29, 1.82) is 0 Å². The Hall–Kier alpha value is -3.15. The van der Waals surface area contributed by atoms with Crippen molar-refractivity contribution in [1.82, 2.24) is 9.97 Å². The van der Waals surface area contributed by atoms with Gasteiger partial charge in [-0.3, -0.25) is 0 Å². The molecule has 0 radical (unpaired) electrons. The van der Waals surface area contributed by atoms with Crippen molar-refractivity contribution in [3.63, 3.8) is 0 Å². The average Bonchev–Trinajstić information content (AvgIpc) is 3.07. The fraction of sp³-hybridized carbons (Fsp3) is 0.118. The van der Waals surface area contributed by atoms with Gasteiger partial charge in [0.2, 0.25) is 0 Å². The van der Waals surface area contributed by atoms with E-state index in [1.54, 1.807) is 12.3 Å². The molecule has 2 N–H and O–H groups in total. The smallest absolute Gasteiger partial charge is 0.354 e. The zero-order chi connectivity index (χ0) is 16.1. The highest BCUT2D eigenvalue weighted by atomic mass is 16.4. The molecule has 23 heavy (non-hydrogen) atoms. The van der Waals surface area contributed by atoms with E-state index in [0.29, 0.717) is 24.6 Å². The first kappa shape index (κ1) is 14.8. The van der Waals surface area contributed by atoms with E-state index >= 15 is 0 Å². The van der Waals surface area contributed by atoms with Gasteiger partial charge in [-0.15, -0.1) is 0 Å². The first-order valence-corrected chi connectivity index (χ1v) is 7.12. The SMILES string of the molecule is O=C(O)c1cc(NCc2ccco2)nc(Cc2ccccc2)n1. The molecule has 3 rings (SSSR count). The Bertz CT molecular complexity index is 786. The molecule has 1 aromatic carbocycles. The lowest BCUT2D eigenvalue weighted by atomic mass is 10.1. The van der Waals surface area contributed by atoms with Crippen LogP contribution in [0.3, 0.4) is 0 Å². The van der Waals surface area contributed by atoms with E-state index in [1.165, 1.54) is 6.07 Å². The van der Waals surface area contributed by atoms with Crippen molar-refractivity contribution in [2.45, 2.75) is 13.0 Å². The molecule has 116 valence electrons. The number of hydrogen-bond acceptors (Lipinski definition) is 5. The second-order valence-electron chi connectivity index (χ2n) is 4.96. The van der Waals surface area contributed by atoms with E-state index < -0.39 is 5.97 Å². The van der Waals surface area contributed by atoms with E-state index in [0.717, 1.165) is 11.3 Å². The molecule has 6 nitrogen and oxygen atoms in total. The number of anilines is 1. The van der Waals surface area contributed by atoms with Gasteiger partial charge in [-0.2, -0.15) is 0 Å². The molecule has 0 saturated heterocycles. The van der Waals surface area contributed by atoms with Crippen LogP contribution in [0, 0.1) is 0 Å². The van der Waals surface area contributed by atoms with Crippen molar-refractivity contribution in [3.8, 4) is 0 Å². The maximum atomic E-state index is 11.3. The number of aromatic carboxylic acids is 1. The molecule has 0 aliphatic carbocycles. The van der Waals surface area contributed by atoms with Crippen molar-refractivity contribution >= 4 is 11.8 Å². The van der Waals surface area contributed by atoms with E-state index in [-0.39, 0.29) is 5.69 Å². The molecule has 3 aromatic rings. The van der Waals surface area contributed by atoms with Crippen LogP contribution in [0.4, 0.5) is 5.82 Å². The molecule has 6 heteroatoms. The van der Waals surface area contributed by atoms with Gasteiger partial charge in [0.1, 0.15) is 17.4 Å². The van der Waals surface area contributed by atoms with Crippen LogP contribution in [0.15, 0.2) is 59.2 Å². The van der Waals surface area contributed by atoms with Crippen LogP contribution in [-0.2, 0) is 13.0 Å². The van der Waals surface area contributed by atoms with E-state index in [1.807, 2.05) is 36.4 Å². The summed E-state index contributed by atoms with van der Waals surface area (Å²) < 4.78 is 5.24. The normalized spacial score (nSPS) is 10.4. The minimum absolute atomic E-state index is 0.0344. The molecular weight excluding hydrogens is 294 g/mol. The van der Waals surface area contributed by atoms with Crippen LogP contribution in [-0.4, -0.2) is 21.0 Å². The predicted octanol–water partition coefficient (Wildman–Crippen LogP) is 2.97. The molecule has 0 amide bonds. The van der Waals surface area contributed by atoms with Gasteiger partial charge < -0.3 is 14.8 Å². The van der Waals surface area contributed by atoms with Crippen molar-refractivity contribution in [2.75, 3.05) is 5.32 Å². The summed E-state index contributed by atoms with van der Waals surface area (Å²) in [5, 5.41) is 12.3. The average molecular weight is 309 g/mol. The molecule has 0 spiro atoms. The summed E-state index contributed by atoms with van der Waals surface area (Å²) in [6.45, 7) is 0.424. The molecule has 0 unspecified atom stereocenters. The van der Waals surface area contributed by atoms with Crippen LogP contribution in [0.25, 0.3) is 0 Å².